The van der Waals surface area contributed by atoms with Crippen molar-refractivity contribution in [2.24, 2.45) is 20.0 Å². The van der Waals surface area contributed by atoms with Gasteiger partial charge in [-0.15, -0.1) is 5.10 Å². The summed E-state index contributed by atoms with van der Waals surface area (Å²) in [4.78, 5) is 17.0. The zero-order chi connectivity index (χ0) is 21.3. The predicted molar refractivity (Wildman–Crippen MR) is 112 cm³/mol. The molecule has 3 heterocycles. The van der Waals surface area contributed by atoms with Crippen molar-refractivity contribution in [2.45, 2.75) is 32.1 Å². The fourth-order valence-electron chi connectivity index (χ4n) is 3.79. The summed E-state index contributed by atoms with van der Waals surface area (Å²) < 4.78 is 14.3. The normalized spacial score (nSPS) is 17.7. The lowest BCUT2D eigenvalue weighted by atomic mass is 10.1. The van der Waals surface area contributed by atoms with Gasteiger partial charge in [-0.25, -0.2) is 4.68 Å². The monoisotopic (exact) mass is 409 g/mol. The number of nitrogens with zero attached hydrogens (tertiary/aromatic N) is 5. The van der Waals surface area contributed by atoms with Crippen LogP contribution in [0.5, 0.6) is 11.6 Å². The van der Waals surface area contributed by atoms with E-state index in [4.69, 9.17) is 9.47 Å². The molecule has 8 nitrogen and oxygen atoms in total. The molecule has 158 valence electrons. The first-order chi connectivity index (χ1) is 14.5. The summed E-state index contributed by atoms with van der Waals surface area (Å²) in [6.07, 6.45) is 5.99. The molecule has 0 radical (unpaired) electrons. The SMILES string of the molecule is COc1ccc([C@H]2C[C@@H]2COc2cc(CCc3c(C)cnn3C)c(=O)n(C)n2)nc1. The second kappa shape index (κ2) is 8.30. The molecular formula is C22H27N5O3. The van der Waals surface area contributed by atoms with Crippen LogP contribution in [-0.2, 0) is 26.9 Å². The Kier molecular flexibility index (Phi) is 5.57. The molecule has 0 bridgehead atoms. The highest BCUT2D eigenvalue weighted by Crippen LogP contribution is 2.46. The van der Waals surface area contributed by atoms with Gasteiger partial charge in [0, 0.05) is 48.9 Å². The molecule has 1 aliphatic carbocycles. The first-order valence-electron chi connectivity index (χ1n) is 10.1. The third-order valence-electron chi connectivity index (χ3n) is 5.76. The van der Waals surface area contributed by atoms with E-state index in [2.05, 4.69) is 15.2 Å². The van der Waals surface area contributed by atoms with Gasteiger partial charge in [-0.1, -0.05) is 0 Å². The molecule has 30 heavy (non-hydrogen) atoms. The maximum absolute atomic E-state index is 12.5. The highest BCUT2D eigenvalue weighted by Gasteiger charge is 2.40. The second-order valence-corrected chi connectivity index (χ2v) is 7.87. The minimum absolute atomic E-state index is 0.0890. The highest BCUT2D eigenvalue weighted by atomic mass is 16.5. The van der Waals surface area contributed by atoms with Crippen LogP contribution in [-0.4, -0.2) is 38.3 Å². The van der Waals surface area contributed by atoms with Gasteiger partial charge >= 0.3 is 0 Å². The average Bonchev–Trinajstić information content (AvgIpc) is 3.46. The molecule has 1 aliphatic rings. The topological polar surface area (TPSA) is 84.1 Å². The van der Waals surface area contributed by atoms with E-state index in [0.717, 1.165) is 35.5 Å². The summed E-state index contributed by atoms with van der Waals surface area (Å²) in [7, 11) is 5.22. The molecular weight excluding hydrogens is 382 g/mol. The molecule has 0 aliphatic heterocycles. The standard InChI is InChI=1S/C22H27N5O3/c1-14-11-24-26(2)20(14)8-5-15-10-21(25-27(3)22(15)28)30-13-16-9-18(16)19-7-6-17(29-4)12-23-19/h6-7,10-12,16,18H,5,8-9,13H2,1-4H3/t16-,18+/m1/s1. The molecule has 1 fully saturated rings. The summed E-state index contributed by atoms with van der Waals surface area (Å²) >= 11 is 0. The van der Waals surface area contributed by atoms with Crippen LogP contribution in [0.3, 0.4) is 0 Å². The maximum Gasteiger partial charge on any atom is 0.269 e. The number of aryl methyl sites for hydroxylation is 4. The minimum atomic E-state index is -0.0890. The van der Waals surface area contributed by atoms with Crippen molar-refractivity contribution in [1.82, 2.24) is 24.5 Å². The van der Waals surface area contributed by atoms with E-state index in [-0.39, 0.29) is 5.56 Å². The van der Waals surface area contributed by atoms with Gasteiger partial charge in [0.25, 0.3) is 5.56 Å². The van der Waals surface area contributed by atoms with Crippen LogP contribution in [0.25, 0.3) is 0 Å². The van der Waals surface area contributed by atoms with Crippen molar-refractivity contribution >= 4 is 0 Å². The molecule has 1 saturated carbocycles. The van der Waals surface area contributed by atoms with Gasteiger partial charge in [-0.3, -0.25) is 14.5 Å². The van der Waals surface area contributed by atoms with Gasteiger partial charge in [0.15, 0.2) is 0 Å². The van der Waals surface area contributed by atoms with E-state index in [1.54, 1.807) is 26.4 Å². The Morgan fingerprint density at radius 3 is 2.67 bits per heavy atom. The Labute approximate surface area is 175 Å². The van der Waals surface area contributed by atoms with Gasteiger partial charge < -0.3 is 9.47 Å². The minimum Gasteiger partial charge on any atom is -0.495 e. The number of hydrogen-bond acceptors (Lipinski definition) is 6. The smallest absolute Gasteiger partial charge is 0.269 e. The zero-order valence-corrected chi connectivity index (χ0v) is 17.8. The fraction of sp³-hybridized carbons (Fsp3) is 0.455. The summed E-state index contributed by atoms with van der Waals surface area (Å²) in [5.74, 6) is 2.05. The Morgan fingerprint density at radius 2 is 2.00 bits per heavy atom. The third-order valence-corrected chi connectivity index (χ3v) is 5.76. The third kappa shape index (κ3) is 4.22. The number of rotatable bonds is 8. The quantitative estimate of drug-likeness (QED) is 0.567. The molecule has 0 amide bonds. The predicted octanol–water partition coefficient (Wildman–Crippen LogP) is 2.19. The van der Waals surface area contributed by atoms with Crippen LogP contribution < -0.4 is 15.0 Å². The van der Waals surface area contributed by atoms with E-state index >= 15 is 0 Å². The maximum atomic E-state index is 12.5. The fourth-order valence-corrected chi connectivity index (χ4v) is 3.79. The highest BCUT2D eigenvalue weighted by molar-refractivity contribution is 5.26. The molecule has 2 atom stereocenters. The molecule has 0 saturated heterocycles. The number of aromatic nitrogens is 5. The van der Waals surface area contributed by atoms with Crippen molar-refractivity contribution in [2.75, 3.05) is 13.7 Å². The molecule has 0 unspecified atom stereocenters. The summed E-state index contributed by atoms with van der Waals surface area (Å²) in [6.45, 7) is 2.59. The van der Waals surface area contributed by atoms with Crippen LogP contribution in [0.15, 0.2) is 35.4 Å². The number of ether oxygens (including phenoxy) is 2. The Balaban J connectivity index is 1.38. The molecule has 0 spiro atoms. The van der Waals surface area contributed by atoms with Crippen molar-refractivity contribution < 1.29 is 9.47 Å². The van der Waals surface area contributed by atoms with Crippen LogP contribution in [0, 0.1) is 12.8 Å². The molecule has 0 aromatic carbocycles. The van der Waals surface area contributed by atoms with Crippen molar-refractivity contribution in [3.63, 3.8) is 0 Å². The van der Waals surface area contributed by atoms with E-state index in [0.29, 0.717) is 36.3 Å². The van der Waals surface area contributed by atoms with E-state index in [9.17, 15) is 4.79 Å². The molecule has 0 N–H and O–H groups in total. The number of pyridine rings is 1. The lowest BCUT2D eigenvalue weighted by Gasteiger charge is -2.10. The average molecular weight is 409 g/mol. The molecule has 3 aromatic rings. The molecule has 3 aromatic heterocycles. The zero-order valence-electron chi connectivity index (χ0n) is 17.8. The largest absolute Gasteiger partial charge is 0.495 e. The summed E-state index contributed by atoms with van der Waals surface area (Å²) in [5, 5.41) is 8.53. The number of methoxy groups -OCH3 is 1. The van der Waals surface area contributed by atoms with Crippen LogP contribution >= 0.6 is 0 Å². The van der Waals surface area contributed by atoms with Gasteiger partial charge in [-0.2, -0.15) is 5.10 Å². The van der Waals surface area contributed by atoms with Gasteiger partial charge in [-0.05, 0) is 43.9 Å². The number of hydrogen-bond donors (Lipinski definition) is 0. The first-order valence-corrected chi connectivity index (χ1v) is 10.1. The molecule has 8 heteroatoms. The van der Waals surface area contributed by atoms with Crippen LogP contribution in [0.1, 0.15) is 34.9 Å². The Bertz CT molecular complexity index is 1070. The van der Waals surface area contributed by atoms with E-state index < -0.39 is 0 Å². The summed E-state index contributed by atoms with van der Waals surface area (Å²) in [6, 6.07) is 5.72. The van der Waals surface area contributed by atoms with Crippen molar-refractivity contribution in [1.29, 1.82) is 0 Å². The van der Waals surface area contributed by atoms with Crippen molar-refractivity contribution in [3.05, 3.63) is 63.5 Å². The van der Waals surface area contributed by atoms with Crippen molar-refractivity contribution in [3.8, 4) is 11.6 Å². The van der Waals surface area contributed by atoms with Crippen LogP contribution in [0.4, 0.5) is 0 Å². The first kappa shape index (κ1) is 20.1. The van der Waals surface area contributed by atoms with Gasteiger partial charge in [0.2, 0.25) is 5.88 Å². The van der Waals surface area contributed by atoms with Crippen LogP contribution in [0.2, 0.25) is 0 Å². The lowest BCUT2D eigenvalue weighted by Crippen LogP contribution is -2.24. The molecule has 4 rings (SSSR count). The second-order valence-electron chi connectivity index (χ2n) is 7.87. The Hall–Kier alpha value is -3.16. The van der Waals surface area contributed by atoms with Gasteiger partial charge in [0.05, 0.1) is 26.1 Å². The van der Waals surface area contributed by atoms with E-state index in [1.807, 2.05) is 37.0 Å². The van der Waals surface area contributed by atoms with Gasteiger partial charge in [0.1, 0.15) is 5.75 Å². The summed E-state index contributed by atoms with van der Waals surface area (Å²) in [5.41, 5.74) is 3.93. The Morgan fingerprint density at radius 1 is 1.17 bits per heavy atom. The van der Waals surface area contributed by atoms with E-state index in [1.165, 1.54) is 4.68 Å². The lowest BCUT2D eigenvalue weighted by molar-refractivity contribution is 0.277.